The number of rotatable bonds is 8. The maximum Gasteiger partial charge on any atom is 0.0518 e. The zero-order valence-corrected chi connectivity index (χ0v) is 13.1. The van der Waals surface area contributed by atoms with Crippen LogP contribution in [0.1, 0.15) is 43.9 Å². The minimum atomic E-state index is 0.347. The lowest BCUT2D eigenvalue weighted by Gasteiger charge is -2.15. The molecule has 1 aromatic rings. The molecule has 0 radical (unpaired) electrons. The van der Waals surface area contributed by atoms with Crippen molar-refractivity contribution in [2.24, 2.45) is 0 Å². The van der Waals surface area contributed by atoms with Gasteiger partial charge in [-0.1, -0.05) is 25.1 Å². The van der Waals surface area contributed by atoms with Gasteiger partial charge >= 0.3 is 0 Å². The molecular weight excluding hydrogens is 248 g/mol. The Labute approximate surface area is 123 Å². The highest BCUT2D eigenvalue weighted by Crippen LogP contribution is 2.23. The van der Waals surface area contributed by atoms with Crippen LogP contribution in [-0.4, -0.2) is 30.7 Å². The Morgan fingerprint density at radius 3 is 2.80 bits per heavy atom. The van der Waals surface area contributed by atoms with E-state index in [-0.39, 0.29) is 0 Å². The van der Waals surface area contributed by atoms with E-state index in [2.05, 4.69) is 49.2 Å². The Kier molecular flexibility index (Phi) is 6.02. The van der Waals surface area contributed by atoms with Crippen molar-refractivity contribution in [1.82, 2.24) is 10.2 Å². The van der Waals surface area contributed by atoms with Crippen LogP contribution in [0.15, 0.2) is 18.2 Å². The summed E-state index contributed by atoms with van der Waals surface area (Å²) >= 11 is 0. The standard InChI is InChI=1S/C17H28N2O/c1-4-18-11-15-6-7-16-12-19(13-17(16)10-15)8-5-9-20-14(2)3/h6-7,10,14,18H,4-5,8-9,11-13H2,1-3H3. The molecule has 0 amide bonds. The third-order valence-electron chi connectivity index (χ3n) is 3.71. The van der Waals surface area contributed by atoms with Crippen molar-refractivity contribution in [1.29, 1.82) is 0 Å². The first kappa shape index (κ1) is 15.5. The smallest absolute Gasteiger partial charge is 0.0518 e. The van der Waals surface area contributed by atoms with Gasteiger partial charge in [0.1, 0.15) is 0 Å². The minimum Gasteiger partial charge on any atom is -0.379 e. The average molecular weight is 276 g/mol. The van der Waals surface area contributed by atoms with E-state index >= 15 is 0 Å². The molecule has 3 heteroatoms. The van der Waals surface area contributed by atoms with Crippen molar-refractivity contribution >= 4 is 0 Å². The molecule has 0 aromatic heterocycles. The Morgan fingerprint density at radius 1 is 1.25 bits per heavy atom. The first-order valence-corrected chi connectivity index (χ1v) is 7.84. The minimum absolute atomic E-state index is 0.347. The molecule has 0 unspecified atom stereocenters. The van der Waals surface area contributed by atoms with Gasteiger partial charge in [0.05, 0.1) is 6.10 Å². The fraction of sp³-hybridized carbons (Fsp3) is 0.647. The second-order valence-corrected chi connectivity index (χ2v) is 5.87. The highest BCUT2D eigenvalue weighted by Gasteiger charge is 2.18. The quantitative estimate of drug-likeness (QED) is 0.739. The van der Waals surface area contributed by atoms with Crippen LogP contribution >= 0.6 is 0 Å². The fourth-order valence-electron chi connectivity index (χ4n) is 2.66. The molecule has 2 rings (SSSR count). The summed E-state index contributed by atoms with van der Waals surface area (Å²) in [6.45, 7) is 12.5. The number of hydrogen-bond donors (Lipinski definition) is 1. The molecule has 1 N–H and O–H groups in total. The normalized spacial score (nSPS) is 15.0. The lowest BCUT2D eigenvalue weighted by atomic mass is 10.1. The van der Waals surface area contributed by atoms with Gasteiger partial charge in [0.15, 0.2) is 0 Å². The van der Waals surface area contributed by atoms with Gasteiger partial charge in [0, 0.05) is 32.8 Å². The number of nitrogens with one attached hydrogen (secondary N) is 1. The monoisotopic (exact) mass is 276 g/mol. The predicted octanol–water partition coefficient (Wildman–Crippen LogP) is 2.93. The largest absolute Gasteiger partial charge is 0.379 e. The van der Waals surface area contributed by atoms with Crippen molar-refractivity contribution in [3.8, 4) is 0 Å². The summed E-state index contributed by atoms with van der Waals surface area (Å²) in [5, 5.41) is 3.39. The third kappa shape index (κ3) is 4.58. The van der Waals surface area contributed by atoms with Crippen LogP contribution in [0.2, 0.25) is 0 Å². The molecule has 0 saturated heterocycles. The topological polar surface area (TPSA) is 24.5 Å². The molecule has 1 aliphatic rings. The van der Waals surface area contributed by atoms with Gasteiger partial charge in [-0.2, -0.15) is 0 Å². The van der Waals surface area contributed by atoms with E-state index in [4.69, 9.17) is 4.74 Å². The summed E-state index contributed by atoms with van der Waals surface area (Å²) in [7, 11) is 0. The van der Waals surface area contributed by atoms with Gasteiger partial charge in [-0.05, 0) is 43.5 Å². The van der Waals surface area contributed by atoms with Gasteiger partial charge in [0.2, 0.25) is 0 Å². The highest BCUT2D eigenvalue weighted by atomic mass is 16.5. The lowest BCUT2D eigenvalue weighted by Crippen LogP contribution is -2.19. The Balaban J connectivity index is 1.78. The maximum absolute atomic E-state index is 5.61. The van der Waals surface area contributed by atoms with Crippen molar-refractivity contribution < 1.29 is 4.74 Å². The van der Waals surface area contributed by atoms with E-state index in [1.54, 1.807) is 0 Å². The van der Waals surface area contributed by atoms with Crippen LogP contribution in [0.4, 0.5) is 0 Å². The third-order valence-corrected chi connectivity index (χ3v) is 3.71. The second-order valence-electron chi connectivity index (χ2n) is 5.87. The van der Waals surface area contributed by atoms with Crippen LogP contribution < -0.4 is 5.32 Å². The molecule has 1 aliphatic heterocycles. The number of ether oxygens (including phenoxy) is 1. The zero-order chi connectivity index (χ0) is 14.4. The predicted molar refractivity (Wildman–Crippen MR) is 83.6 cm³/mol. The van der Waals surface area contributed by atoms with Gasteiger partial charge in [-0.3, -0.25) is 4.90 Å². The molecular formula is C17H28N2O. The molecule has 0 aliphatic carbocycles. The van der Waals surface area contributed by atoms with Crippen LogP contribution in [0, 0.1) is 0 Å². The van der Waals surface area contributed by atoms with Crippen molar-refractivity contribution in [2.75, 3.05) is 19.7 Å². The second kappa shape index (κ2) is 7.77. The number of nitrogens with zero attached hydrogens (tertiary/aromatic N) is 1. The summed E-state index contributed by atoms with van der Waals surface area (Å²) in [4.78, 5) is 2.52. The Morgan fingerprint density at radius 2 is 2.05 bits per heavy atom. The molecule has 1 aromatic carbocycles. The van der Waals surface area contributed by atoms with E-state index in [0.29, 0.717) is 6.10 Å². The maximum atomic E-state index is 5.61. The number of fused-ring (bicyclic) bond motifs is 1. The molecule has 112 valence electrons. The fourth-order valence-corrected chi connectivity index (χ4v) is 2.66. The number of hydrogen-bond acceptors (Lipinski definition) is 3. The van der Waals surface area contributed by atoms with Crippen LogP contribution in [0.3, 0.4) is 0 Å². The van der Waals surface area contributed by atoms with E-state index in [1.807, 2.05) is 0 Å². The zero-order valence-electron chi connectivity index (χ0n) is 13.1. The van der Waals surface area contributed by atoms with Crippen molar-refractivity contribution in [3.63, 3.8) is 0 Å². The van der Waals surface area contributed by atoms with Gasteiger partial charge in [-0.15, -0.1) is 0 Å². The Hall–Kier alpha value is -0.900. The van der Waals surface area contributed by atoms with Crippen molar-refractivity contribution in [2.45, 2.75) is 52.9 Å². The average Bonchev–Trinajstić information content (AvgIpc) is 2.83. The molecule has 3 nitrogen and oxygen atoms in total. The van der Waals surface area contributed by atoms with Crippen molar-refractivity contribution in [3.05, 3.63) is 34.9 Å². The number of benzene rings is 1. The van der Waals surface area contributed by atoms with Gasteiger partial charge in [0.25, 0.3) is 0 Å². The summed E-state index contributed by atoms with van der Waals surface area (Å²) in [6.07, 6.45) is 1.47. The molecule has 0 spiro atoms. The molecule has 0 atom stereocenters. The van der Waals surface area contributed by atoms with Crippen LogP contribution in [0.5, 0.6) is 0 Å². The highest BCUT2D eigenvalue weighted by molar-refractivity contribution is 5.34. The first-order chi connectivity index (χ1) is 9.69. The Bertz CT molecular complexity index is 417. The molecule has 0 bridgehead atoms. The molecule has 0 saturated carbocycles. The van der Waals surface area contributed by atoms with Crippen LogP contribution in [-0.2, 0) is 24.4 Å². The van der Waals surface area contributed by atoms with E-state index < -0.39 is 0 Å². The summed E-state index contributed by atoms with van der Waals surface area (Å²) < 4.78 is 5.61. The molecule has 0 fully saturated rings. The van der Waals surface area contributed by atoms with Crippen LogP contribution in [0.25, 0.3) is 0 Å². The molecule has 1 heterocycles. The SMILES string of the molecule is CCNCc1ccc2c(c1)CN(CCCOC(C)C)C2. The summed E-state index contributed by atoms with van der Waals surface area (Å²) in [6, 6.07) is 6.92. The van der Waals surface area contributed by atoms with E-state index in [0.717, 1.165) is 45.8 Å². The van der Waals surface area contributed by atoms with E-state index in [1.165, 1.54) is 16.7 Å². The first-order valence-electron chi connectivity index (χ1n) is 7.84. The summed E-state index contributed by atoms with van der Waals surface area (Å²) in [5.74, 6) is 0. The van der Waals surface area contributed by atoms with E-state index in [9.17, 15) is 0 Å². The molecule has 20 heavy (non-hydrogen) atoms. The van der Waals surface area contributed by atoms with Gasteiger partial charge in [-0.25, -0.2) is 0 Å². The lowest BCUT2D eigenvalue weighted by molar-refractivity contribution is 0.0703. The summed E-state index contributed by atoms with van der Waals surface area (Å²) in [5.41, 5.74) is 4.40. The van der Waals surface area contributed by atoms with Gasteiger partial charge < -0.3 is 10.1 Å².